The monoisotopic (exact) mass is 160 g/mol. The Morgan fingerprint density at radius 2 is 2.25 bits per heavy atom. The van der Waals surface area contributed by atoms with E-state index in [2.05, 4.69) is 28.5 Å². The second-order valence-corrected chi connectivity index (χ2v) is 2.97. The first-order chi connectivity index (χ1) is 5.97. The van der Waals surface area contributed by atoms with Crippen molar-refractivity contribution in [2.24, 2.45) is 4.99 Å². The normalized spacial score (nSPS) is 32.0. The minimum Gasteiger partial charge on any atom is -0.382 e. The minimum atomic E-state index is 0.371. The number of nitrogens with zero attached hydrogens (tertiary/aromatic N) is 1. The molecule has 0 aromatic rings. The molecule has 0 aliphatic carbocycles. The number of dihydropyridines is 2. The van der Waals surface area contributed by atoms with Crippen LogP contribution in [0.5, 0.6) is 0 Å². The van der Waals surface area contributed by atoms with Crippen molar-refractivity contribution in [3.05, 3.63) is 36.6 Å². The summed E-state index contributed by atoms with van der Waals surface area (Å²) in [5, 5.41) is 3.27. The zero-order valence-electron chi connectivity index (χ0n) is 6.85. The summed E-state index contributed by atoms with van der Waals surface area (Å²) in [5.41, 5.74) is 0. The highest BCUT2D eigenvalue weighted by molar-refractivity contribution is 5.72. The highest BCUT2D eigenvalue weighted by Gasteiger charge is 2.16. The molecule has 2 rings (SSSR count). The molecule has 0 amide bonds. The third kappa shape index (κ3) is 1.47. The Kier molecular flexibility index (Phi) is 2.08. The molecule has 0 saturated carbocycles. The van der Waals surface area contributed by atoms with Crippen LogP contribution >= 0.6 is 0 Å². The molecule has 2 heterocycles. The maximum Gasteiger partial charge on any atom is 0.0770 e. The van der Waals surface area contributed by atoms with Crippen molar-refractivity contribution in [1.29, 1.82) is 0 Å². The lowest BCUT2D eigenvalue weighted by atomic mass is 10.0. The van der Waals surface area contributed by atoms with Crippen LogP contribution in [0, 0.1) is 0 Å². The Morgan fingerprint density at radius 1 is 1.25 bits per heavy atom. The van der Waals surface area contributed by atoms with E-state index in [4.69, 9.17) is 0 Å². The van der Waals surface area contributed by atoms with Crippen LogP contribution in [0.15, 0.2) is 41.6 Å². The molecule has 12 heavy (non-hydrogen) atoms. The zero-order chi connectivity index (χ0) is 8.23. The van der Waals surface area contributed by atoms with Crippen LogP contribution in [0.2, 0.25) is 0 Å². The number of hydrogen-bond donors (Lipinski definition) is 1. The van der Waals surface area contributed by atoms with E-state index in [9.17, 15) is 0 Å². The number of hydrogen-bond acceptors (Lipinski definition) is 2. The van der Waals surface area contributed by atoms with E-state index in [0.29, 0.717) is 12.1 Å². The molecule has 62 valence electrons. The molecule has 1 N–H and O–H groups in total. The number of aliphatic imine (C=N–C) groups is 1. The van der Waals surface area contributed by atoms with Gasteiger partial charge in [-0.25, -0.2) is 0 Å². The molecule has 0 saturated heterocycles. The summed E-state index contributed by atoms with van der Waals surface area (Å²) in [6.45, 7) is 0. The van der Waals surface area contributed by atoms with Gasteiger partial charge in [-0.05, 0) is 24.8 Å². The fourth-order valence-corrected chi connectivity index (χ4v) is 1.44. The SMILES string of the molecule is C1=CCC(C2C=CC=CN2)N=C1. The predicted octanol–water partition coefficient (Wildman–Crippen LogP) is 1.43. The Morgan fingerprint density at radius 3 is 2.92 bits per heavy atom. The molecule has 2 nitrogen and oxygen atoms in total. The molecule has 0 bridgehead atoms. The molecule has 0 fully saturated rings. The van der Waals surface area contributed by atoms with Crippen molar-refractivity contribution < 1.29 is 0 Å². The molecule has 0 radical (unpaired) electrons. The molecule has 2 unspecified atom stereocenters. The summed E-state index contributed by atoms with van der Waals surface area (Å²) in [7, 11) is 0. The van der Waals surface area contributed by atoms with Crippen molar-refractivity contribution >= 4 is 6.21 Å². The van der Waals surface area contributed by atoms with Crippen LogP contribution in [0.25, 0.3) is 0 Å². The van der Waals surface area contributed by atoms with Crippen LogP contribution in [0.4, 0.5) is 0 Å². The fourth-order valence-electron chi connectivity index (χ4n) is 1.44. The first kappa shape index (κ1) is 7.35. The summed E-state index contributed by atoms with van der Waals surface area (Å²) in [6.07, 6.45) is 15.3. The van der Waals surface area contributed by atoms with E-state index in [1.807, 2.05) is 24.6 Å². The third-order valence-corrected chi connectivity index (χ3v) is 2.11. The predicted molar refractivity (Wildman–Crippen MR) is 51.2 cm³/mol. The first-order valence-corrected chi connectivity index (χ1v) is 4.24. The van der Waals surface area contributed by atoms with Gasteiger partial charge in [0.2, 0.25) is 0 Å². The van der Waals surface area contributed by atoms with Gasteiger partial charge in [-0.3, -0.25) is 4.99 Å². The lowest BCUT2D eigenvalue weighted by Gasteiger charge is -2.23. The lowest BCUT2D eigenvalue weighted by Crippen LogP contribution is -2.35. The molecule has 0 spiro atoms. The standard InChI is InChI=1S/C10H12N2/c1-3-7-11-9(5-1)10-6-2-4-8-12-10/h1-5,7-11H,6H2. The minimum absolute atomic E-state index is 0.371. The summed E-state index contributed by atoms with van der Waals surface area (Å²) in [4.78, 5) is 4.39. The number of allylic oxidation sites excluding steroid dienone is 3. The molecule has 2 atom stereocenters. The zero-order valence-corrected chi connectivity index (χ0v) is 6.85. The Hall–Kier alpha value is -1.31. The van der Waals surface area contributed by atoms with E-state index in [1.54, 1.807) is 0 Å². The van der Waals surface area contributed by atoms with E-state index < -0.39 is 0 Å². The summed E-state index contributed by atoms with van der Waals surface area (Å²) in [5.74, 6) is 0. The number of nitrogens with one attached hydrogen (secondary N) is 1. The highest BCUT2D eigenvalue weighted by Crippen LogP contribution is 2.11. The molecular formula is C10H12N2. The van der Waals surface area contributed by atoms with E-state index in [1.165, 1.54) is 0 Å². The van der Waals surface area contributed by atoms with Gasteiger partial charge in [0.05, 0.1) is 12.1 Å². The van der Waals surface area contributed by atoms with Crippen LogP contribution in [-0.4, -0.2) is 18.3 Å². The van der Waals surface area contributed by atoms with E-state index >= 15 is 0 Å². The summed E-state index contributed by atoms with van der Waals surface area (Å²) >= 11 is 0. The van der Waals surface area contributed by atoms with Gasteiger partial charge in [-0.15, -0.1) is 0 Å². The first-order valence-electron chi connectivity index (χ1n) is 4.24. The average Bonchev–Trinajstić information content (AvgIpc) is 2.21. The quantitative estimate of drug-likeness (QED) is 0.616. The fraction of sp³-hybridized carbons (Fsp3) is 0.300. The van der Waals surface area contributed by atoms with Gasteiger partial charge in [-0.1, -0.05) is 18.2 Å². The second kappa shape index (κ2) is 3.39. The van der Waals surface area contributed by atoms with Gasteiger partial charge in [0, 0.05) is 6.21 Å². The van der Waals surface area contributed by atoms with Gasteiger partial charge < -0.3 is 5.32 Å². The van der Waals surface area contributed by atoms with Crippen molar-refractivity contribution in [1.82, 2.24) is 5.32 Å². The number of rotatable bonds is 1. The van der Waals surface area contributed by atoms with Crippen molar-refractivity contribution in [2.75, 3.05) is 0 Å². The molecule has 2 heteroatoms. The molecule has 0 aromatic heterocycles. The molecule has 0 aromatic carbocycles. The Labute approximate surface area is 72.4 Å². The van der Waals surface area contributed by atoms with Crippen molar-refractivity contribution in [2.45, 2.75) is 18.5 Å². The smallest absolute Gasteiger partial charge is 0.0770 e. The van der Waals surface area contributed by atoms with Crippen LogP contribution in [0.1, 0.15) is 6.42 Å². The van der Waals surface area contributed by atoms with Gasteiger partial charge >= 0.3 is 0 Å². The largest absolute Gasteiger partial charge is 0.382 e. The Bertz CT molecular complexity index is 233. The second-order valence-electron chi connectivity index (χ2n) is 2.97. The molecule has 2 aliphatic rings. The highest BCUT2D eigenvalue weighted by atomic mass is 15.0. The summed E-state index contributed by atoms with van der Waals surface area (Å²) < 4.78 is 0. The maximum absolute atomic E-state index is 4.39. The topological polar surface area (TPSA) is 24.4 Å². The van der Waals surface area contributed by atoms with Crippen molar-refractivity contribution in [3.8, 4) is 0 Å². The van der Waals surface area contributed by atoms with Gasteiger partial charge in [0.25, 0.3) is 0 Å². The summed E-state index contributed by atoms with van der Waals surface area (Å²) in [6, 6.07) is 0.743. The third-order valence-electron chi connectivity index (χ3n) is 2.11. The van der Waals surface area contributed by atoms with Crippen molar-refractivity contribution in [3.63, 3.8) is 0 Å². The van der Waals surface area contributed by atoms with Crippen LogP contribution in [-0.2, 0) is 0 Å². The van der Waals surface area contributed by atoms with Crippen LogP contribution < -0.4 is 5.32 Å². The van der Waals surface area contributed by atoms with Gasteiger partial charge in [0.1, 0.15) is 0 Å². The Balaban J connectivity index is 2.01. The van der Waals surface area contributed by atoms with E-state index in [-0.39, 0.29) is 0 Å². The molecular weight excluding hydrogens is 148 g/mol. The average molecular weight is 160 g/mol. The van der Waals surface area contributed by atoms with Gasteiger partial charge in [-0.2, -0.15) is 0 Å². The lowest BCUT2D eigenvalue weighted by molar-refractivity contribution is 0.548. The van der Waals surface area contributed by atoms with E-state index in [0.717, 1.165) is 6.42 Å². The van der Waals surface area contributed by atoms with Crippen LogP contribution in [0.3, 0.4) is 0 Å². The maximum atomic E-state index is 4.39. The molecule has 2 aliphatic heterocycles. The van der Waals surface area contributed by atoms with Gasteiger partial charge in [0.15, 0.2) is 0 Å².